The molecule has 0 spiro atoms. The lowest BCUT2D eigenvalue weighted by molar-refractivity contribution is -0.141. The van der Waals surface area contributed by atoms with Crippen LogP contribution in [0.3, 0.4) is 0 Å². The topological polar surface area (TPSA) is 43.1 Å². The third kappa shape index (κ3) is 2.55. The number of rotatable bonds is 2. The van der Waals surface area contributed by atoms with Crippen molar-refractivity contribution in [3.8, 4) is 0 Å². The highest BCUT2D eigenvalue weighted by molar-refractivity contribution is 6.29. The van der Waals surface area contributed by atoms with E-state index in [9.17, 15) is 13.2 Å². The highest BCUT2D eigenvalue weighted by atomic mass is 35.5. The Balaban J connectivity index is 1.69. The molecular weight excluding hydrogens is 329 g/mol. The van der Waals surface area contributed by atoms with Crippen LogP contribution in [0.4, 0.5) is 13.2 Å². The van der Waals surface area contributed by atoms with Gasteiger partial charge in [0.25, 0.3) is 0 Å². The minimum absolute atomic E-state index is 0.0121. The Morgan fingerprint density at radius 2 is 1.96 bits per heavy atom. The Kier molecular flexibility index (Phi) is 3.09. The van der Waals surface area contributed by atoms with Crippen molar-refractivity contribution in [2.45, 2.75) is 24.4 Å². The van der Waals surface area contributed by atoms with Crippen molar-refractivity contribution in [2.24, 2.45) is 0 Å². The third-order valence-electron chi connectivity index (χ3n) is 4.05. The Morgan fingerprint density at radius 3 is 2.74 bits per heavy atom. The summed E-state index contributed by atoms with van der Waals surface area (Å²) in [4.78, 5) is 7.66. The highest BCUT2D eigenvalue weighted by Gasteiger charge is 2.42. The second-order valence-corrected chi connectivity index (χ2v) is 5.93. The van der Waals surface area contributed by atoms with Gasteiger partial charge in [-0.15, -0.1) is 0 Å². The van der Waals surface area contributed by atoms with Crippen LogP contribution in [-0.2, 0) is 6.18 Å². The monoisotopic (exact) mass is 338 g/mol. The van der Waals surface area contributed by atoms with Gasteiger partial charge in [0, 0.05) is 24.2 Å². The molecule has 23 heavy (non-hydrogen) atoms. The van der Waals surface area contributed by atoms with Gasteiger partial charge in [0.15, 0.2) is 5.65 Å². The van der Waals surface area contributed by atoms with Gasteiger partial charge < -0.3 is 0 Å². The summed E-state index contributed by atoms with van der Waals surface area (Å²) in [6.45, 7) is 0. The van der Waals surface area contributed by atoms with Crippen molar-refractivity contribution in [3.05, 3.63) is 58.8 Å². The lowest BCUT2D eigenvalue weighted by atomic mass is 10.1. The first kappa shape index (κ1) is 14.4. The number of nitrogens with zero attached hydrogens (tertiary/aromatic N) is 4. The van der Waals surface area contributed by atoms with Crippen molar-refractivity contribution in [1.82, 2.24) is 19.6 Å². The van der Waals surface area contributed by atoms with E-state index in [2.05, 4.69) is 15.1 Å². The number of pyridine rings is 1. The Labute approximate surface area is 133 Å². The highest BCUT2D eigenvalue weighted by Crippen LogP contribution is 2.55. The zero-order valence-corrected chi connectivity index (χ0v) is 12.4. The molecule has 4 nitrogen and oxygen atoms in total. The summed E-state index contributed by atoms with van der Waals surface area (Å²) >= 11 is 6.01. The number of hydrogen-bond acceptors (Lipinski definition) is 3. The van der Waals surface area contributed by atoms with E-state index in [0.29, 0.717) is 16.4 Å². The maximum Gasteiger partial charge on any atom is 0.433 e. The van der Waals surface area contributed by atoms with Crippen LogP contribution < -0.4 is 0 Å². The largest absolute Gasteiger partial charge is 0.433 e. The third-order valence-corrected chi connectivity index (χ3v) is 4.23. The quantitative estimate of drug-likeness (QED) is 0.707. The van der Waals surface area contributed by atoms with Gasteiger partial charge in [0.05, 0.1) is 0 Å². The molecule has 8 heteroatoms. The van der Waals surface area contributed by atoms with E-state index < -0.39 is 11.9 Å². The van der Waals surface area contributed by atoms with Gasteiger partial charge >= 0.3 is 6.18 Å². The predicted molar refractivity (Wildman–Crippen MR) is 77.3 cm³/mol. The van der Waals surface area contributed by atoms with Gasteiger partial charge in [-0.2, -0.15) is 18.3 Å². The van der Waals surface area contributed by atoms with Gasteiger partial charge in [-0.1, -0.05) is 11.6 Å². The van der Waals surface area contributed by atoms with Crippen molar-refractivity contribution >= 4 is 17.2 Å². The van der Waals surface area contributed by atoms with Crippen LogP contribution in [-0.4, -0.2) is 19.6 Å². The second-order valence-electron chi connectivity index (χ2n) is 5.54. The van der Waals surface area contributed by atoms with Gasteiger partial charge in [0.2, 0.25) is 0 Å². The van der Waals surface area contributed by atoms with E-state index in [1.165, 1.54) is 6.20 Å². The van der Waals surface area contributed by atoms with E-state index >= 15 is 0 Å². The van der Waals surface area contributed by atoms with Crippen LogP contribution in [0.15, 0.2) is 36.8 Å². The normalized spacial score (nSPS) is 20.9. The van der Waals surface area contributed by atoms with E-state index in [4.69, 9.17) is 11.6 Å². The standard InChI is InChI=1S/C15H10ClF3N4/c16-13-7-11(14-21-3-4-23(14)22-13)10-6-9(10)8-1-2-20-12(5-8)15(17,18)19/h1-5,7,9-10H,6H2/t9?,10-/m0/s1. The van der Waals surface area contributed by atoms with E-state index in [0.717, 1.165) is 18.1 Å². The molecule has 1 unspecified atom stereocenters. The molecule has 0 amide bonds. The summed E-state index contributed by atoms with van der Waals surface area (Å²) in [6.07, 6.45) is 0.836. The molecule has 118 valence electrons. The van der Waals surface area contributed by atoms with Crippen molar-refractivity contribution in [2.75, 3.05) is 0 Å². The minimum atomic E-state index is -4.43. The summed E-state index contributed by atoms with van der Waals surface area (Å²) < 4.78 is 40.0. The number of aromatic nitrogens is 4. The molecule has 0 saturated heterocycles. The van der Waals surface area contributed by atoms with E-state index in [-0.39, 0.29) is 11.8 Å². The maximum absolute atomic E-state index is 12.8. The molecule has 0 aromatic carbocycles. The zero-order valence-electron chi connectivity index (χ0n) is 11.6. The minimum Gasteiger partial charge on any atom is -0.252 e. The van der Waals surface area contributed by atoms with Crippen LogP contribution in [0.2, 0.25) is 5.15 Å². The molecule has 1 saturated carbocycles. The fourth-order valence-electron chi connectivity index (χ4n) is 2.92. The molecule has 1 fully saturated rings. The molecule has 1 aliphatic rings. The van der Waals surface area contributed by atoms with E-state index in [1.54, 1.807) is 29.0 Å². The van der Waals surface area contributed by atoms with Crippen LogP contribution in [0, 0.1) is 0 Å². The summed E-state index contributed by atoms with van der Waals surface area (Å²) in [6, 6.07) is 4.49. The Bertz CT molecular complexity index is 890. The number of halogens is 4. The Morgan fingerprint density at radius 1 is 1.13 bits per heavy atom. The average Bonchev–Trinajstić information content (AvgIpc) is 3.16. The van der Waals surface area contributed by atoms with Crippen molar-refractivity contribution in [1.29, 1.82) is 0 Å². The molecule has 4 rings (SSSR count). The SMILES string of the molecule is FC(F)(F)c1cc(C2C[C@@H]2c2cc(Cl)nn3ccnc23)ccn1. The second kappa shape index (κ2) is 4.92. The molecule has 0 N–H and O–H groups in total. The first-order valence-electron chi connectivity index (χ1n) is 6.96. The summed E-state index contributed by atoms with van der Waals surface area (Å²) in [5.74, 6) is 0.0990. The van der Waals surface area contributed by atoms with Crippen LogP contribution >= 0.6 is 11.6 Å². The molecule has 3 aromatic heterocycles. The Hall–Kier alpha value is -2.15. The van der Waals surface area contributed by atoms with Crippen molar-refractivity contribution in [3.63, 3.8) is 0 Å². The lowest BCUT2D eigenvalue weighted by Gasteiger charge is -2.08. The molecule has 0 bridgehead atoms. The number of fused-ring (bicyclic) bond motifs is 1. The predicted octanol–water partition coefficient (Wildman–Crippen LogP) is 4.07. The molecule has 1 aliphatic carbocycles. The van der Waals surface area contributed by atoms with Crippen molar-refractivity contribution < 1.29 is 13.2 Å². The first-order valence-corrected chi connectivity index (χ1v) is 7.34. The summed E-state index contributed by atoms with van der Waals surface area (Å²) in [5.41, 5.74) is 1.37. The molecule has 2 atom stereocenters. The van der Waals surface area contributed by atoms with Gasteiger partial charge in [0.1, 0.15) is 10.8 Å². The van der Waals surface area contributed by atoms with Crippen LogP contribution in [0.25, 0.3) is 5.65 Å². The molecule has 3 heterocycles. The van der Waals surface area contributed by atoms with Crippen LogP contribution in [0.1, 0.15) is 35.1 Å². The first-order chi connectivity index (χ1) is 10.9. The molecular formula is C15H10ClF3N4. The van der Waals surface area contributed by atoms with Gasteiger partial charge in [-0.05, 0) is 42.0 Å². The van der Waals surface area contributed by atoms with Crippen LogP contribution in [0.5, 0.6) is 0 Å². The maximum atomic E-state index is 12.8. The number of hydrogen-bond donors (Lipinski definition) is 0. The molecule has 0 radical (unpaired) electrons. The lowest BCUT2D eigenvalue weighted by Crippen LogP contribution is -2.08. The van der Waals surface area contributed by atoms with Gasteiger partial charge in [-0.25, -0.2) is 9.50 Å². The summed E-state index contributed by atoms with van der Waals surface area (Å²) in [5, 5.41) is 4.45. The fraction of sp³-hybridized carbons (Fsp3) is 0.267. The van der Waals surface area contributed by atoms with E-state index in [1.807, 2.05) is 0 Å². The smallest absolute Gasteiger partial charge is 0.252 e. The fourth-order valence-corrected chi connectivity index (χ4v) is 3.12. The number of alkyl halides is 3. The molecule has 3 aromatic rings. The van der Waals surface area contributed by atoms with Gasteiger partial charge in [-0.3, -0.25) is 4.98 Å². The number of imidazole rings is 1. The average molecular weight is 339 g/mol. The molecule has 0 aliphatic heterocycles. The summed E-state index contributed by atoms with van der Waals surface area (Å²) in [7, 11) is 0. The zero-order chi connectivity index (χ0) is 16.2.